The average Bonchev–Trinajstić information content (AvgIpc) is 2.73. The Kier molecular flexibility index (Phi) is 7.81. The number of anilines is 1. The van der Waals surface area contributed by atoms with Crippen LogP contribution in [0.15, 0.2) is 24.3 Å². The average molecular weight is 375 g/mol. The smallest absolute Gasteiger partial charge is 0.344 e. The maximum atomic E-state index is 11.4. The van der Waals surface area contributed by atoms with Crippen LogP contribution in [0.1, 0.15) is 45.4 Å². The minimum Gasteiger partial charge on any atom is -0.482 e. The number of hydrogen-bond acceptors (Lipinski definition) is 5. The lowest BCUT2D eigenvalue weighted by molar-refractivity contribution is -0.145. The molecule has 2 aliphatic rings. The Morgan fingerprint density at radius 1 is 1.04 bits per heavy atom. The van der Waals surface area contributed by atoms with E-state index in [9.17, 15) is 4.79 Å². The van der Waals surface area contributed by atoms with E-state index in [0.29, 0.717) is 12.4 Å². The Labute approximate surface area is 163 Å². The molecule has 5 nitrogen and oxygen atoms in total. The summed E-state index contributed by atoms with van der Waals surface area (Å²) in [6, 6.07) is 8.07. The second-order valence-corrected chi connectivity index (χ2v) is 7.79. The predicted octanol–water partition coefficient (Wildman–Crippen LogP) is 3.62. The first-order chi connectivity index (χ1) is 13.2. The van der Waals surface area contributed by atoms with E-state index in [-0.39, 0.29) is 12.6 Å². The van der Waals surface area contributed by atoms with E-state index in [1.54, 1.807) is 6.92 Å². The summed E-state index contributed by atoms with van der Waals surface area (Å²) in [5, 5.41) is 3.46. The number of benzene rings is 1. The molecule has 2 fully saturated rings. The quantitative estimate of drug-likeness (QED) is 0.704. The Bertz CT molecular complexity index is 561. The van der Waals surface area contributed by atoms with Gasteiger partial charge < -0.3 is 19.7 Å². The van der Waals surface area contributed by atoms with Crippen molar-refractivity contribution in [1.29, 1.82) is 0 Å². The van der Waals surface area contributed by atoms with Gasteiger partial charge in [-0.1, -0.05) is 12.8 Å². The molecule has 0 aliphatic carbocycles. The highest BCUT2D eigenvalue weighted by atomic mass is 16.6. The molecule has 150 valence electrons. The molecule has 0 radical (unpaired) electrons. The molecule has 0 bridgehead atoms. The first-order valence-corrected chi connectivity index (χ1v) is 10.6. The maximum Gasteiger partial charge on any atom is 0.344 e. The number of carbonyl (C=O) groups excluding carboxylic acids is 1. The van der Waals surface area contributed by atoms with Gasteiger partial charge in [-0.05, 0) is 81.8 Å². The summed E-state index contributed by atoms with van der Waals surface area (Å²) in [6.07, 6.45) is 8.14. The third kappa shape index (κ3) is 6.42. The third-order valence-corrected chi connectivity index (χ3v) is 5.92. The zero-order valence-electron chi connectivity index (χ0n) is 16.6. The van der Waals surface area contributed by atoms with Gasteiger partial charge >= 0.3 is 5.97 Å². The summed E-state index contributed by atoms with van der Waals surface area (Å²) < 4.78 is 10.3. The van der Waals surface area contributed by atoms with Crippen LogP contribution in [0.2, 0.25) is 0 Å². The Hall–Kier alpha value is -1.75. The van der Waals surface area contributed by atoms with Crippen molar-refractivity contribution in [3.05, 3.63) is 24.3 Å². The minimum atomic E-state index is -0.326. The fraction of sp³-hybridized carbons (Fsp3) is 0.682. The number of hydrogen-bond donors (Lipinski definition) is 1. The van der Waals surface area contributed by atoms with Crippen LogP contribution in [0, 0.1) is 11.8 Å². The van der Waals surface area contributed by atoms with E-state index in [1.165, 1.54) is 57.3 Å². The van der Waals surface area contributed by atoms with Crippen molar-refractivity contribution >= 4 is 11.7 Å². The summed E-state index contributed by atoms with van der Waals surface area (Å²) in [5.41, 5.74) is 1.25. The zero-order valence-corrected chi connectivity index (χ0v) is 16.6. The topological polar surface area (TPSA) is 50.8 Å². The van der Waals surface area contributed by atoms with E-state index in [4.69, 9.17) is 9.47 Å². The molecule has 1 N–H and O–H groups in total. The maximum absolute atomic E-state index is 11.4. The van der Waals surface area contributed by atoms with Crippen molar-refractivity contribution in [2.75, 3.05) is 44.3 Å². The van der Waals surface area contributed by atoms with E-state index in [2.05, 4.69) is 22.3 Å². The van der Waals surface area contributed by atoms with E-state index < -0.39 is 0 Å². The van der Waals surface area contributed by atoms with Gasteiger partial charge in [0.05, 0.1) is 6.61 Å². The Morgan fingerprint density at radius 3 is 2.30 bits per heavy atom. The van der Waals surface area contributed by atoms with Crippen molar-refractivity contribution in [3.63, 3.8) is 0 Å². The van der Waals surface area contributed by atoms with Crippen LogP contribution in [0.3, 0.4) is 0 Å². The van der Waals surface area contributed by atoms with E-state index in [1.807, 2.05) is 12.1 Å². The second-order valence-electron chi connectivity index (χ2n) is 7.79. The van der Waals surface area contributed by atoms with E-state index >= 15 is 0 Å². The number of carbonyl (C=O) groups is 1. The highest BCUT2D eigenvalue weighted by Gasteiger charge is 2.21. The summed E-state index contributed by atoms with van der Waals surface area (Å²) in [5.74, 6) is 2.23. The van der Waals surface area contributed by atoms with Crippen molar-refractivity contribution < 1.29 is 14.3 Å². The highest BCUT2D eigenvalue weighted by Crippen LogP contribution is 2.29. The van der Waals surface area contributed by atoms with Crippen LogP contribution < -0.4 is 15.0 Å². The van der Waals surface area contributed by atoms with Crippen molar-refractivity contribution in [2.45, 2.75) is 45.4 Å². The molecule has 27 heavy (non-hydrogen) atoms. The molecule has 1 aromatic rings. The number of esters is 1. The molecule has 0 aromatic heterocycles. The predicted molar refractivity (Wildman–Crippen MR) is 108 cm³/mol. The summed E-state index contributed by atoms with van der Waals surface area (Å²) in [4.78, 5) is 13.8. The van der Waals surface area contributed by atoms with Gasteiger partial charge in [-0.15, -0.1) is 0 Å². The van der Waals surface area contributed by atoms with Crippen LogP contribution in [0.25, 0.3) is 0 Å². The van der Waals surface area contributed by atoms with Crippen molar-refractivity contribution in [3.8, 4) is 5.75 Å². The van der Waals surface area contributed by atoms with Gasteiger partial charge in [0, 0.05) is 18.8 Å². The van der Waals surface area contributed by atoms with Crippen molar-refractivity contribution in [1.82, 2.24) is 5.32 Å². The molecular weight excluding hydrogens is 340 g/mol. The van der Waals surface area contributed by atoms with Crippen LogP contribution in [-0.4, -0.2) is 45.4 Å². The lowest BCUT2D eigenvalue weighted by Crippen LogP contribution is -2.34. The lowest BCUT2D eigenvalue weighted by atomic mass is 9.85. The van der Waals surface area contributed by atoms with Gasteiger partial charge in [-0.2, -0.15) is 0 Å². The molecule has 0 amide bonds. The molecule has 0 atom stereocenters. The lowest BCUT2D eigenvalue weighted by Gasteiger charge is -2.34. The standard InChI is InChI=1S/C22H34N2O3/c1-2-26-22(25)17-27-21-7-5-20(6-8-21)24-15-11-19(12-16-24)4-3-18-9-13-23-14-10-18/h5-8,18-19,23H,2-4,9-17H2,1H3. The molecule has 0 unspecified atom stereocenters. The normalized spacial score (nSPS) is 19.1. The zero-order chi connectivity index (χ0) is 18.9. The molecule has 3 rings (SSSR count). The Morgan fingerprint density at radius 2 is 1.67 bits per heavy atom. The number of ether oxygens (including phenoxy) is 2. The molecule has 1 aromatic carbocycles. The molecular formula is C22H34N2O3. The molecule has 5 heteroatoms. The van der Waals surface area contributed by atoms with Gasteiger partial charge in [0.25, 0.3) is 0 Å². The van der Waals surface area contributed by atoms with Gasteiger partial charge in [-0.3, -0.25) is 0 Å². The monoisotopic (exact) mass is 374 g/mol. The number of rotatable bonds is 8. The van der Waals surface area contributed by atoms with Gasteiger partial charge in [0.15, 0.2) is 6.61 Å². The molecule has 2 heterocycles. The molecule has 0 spiro atoms. The molecule has 0 saturated carbocycles. The summed E-state index contributed by atoms with van der Waals surface area (Å²) >= 11 is 0. The highest BCUT2D eigenvalue weighted by molar-refractivity contribution is 5.71. The SMILES string of the molecule is CCOC(=O)COc1ccc(N2CCC(CCC3CCNCC3)CC2)cc1. The number of nitrogens with zero attached hydrogens (tertiary/aromatic N) is 1. The van der Waals surface area contributed by atoms with Crippen LogP contribution in [0.5, 0.6) is 5.75 Å². The van der Waals surface area contributed by atoms with Crippen LogP contribution >= 0.6 is 0 Å². The van der Waals surface area contributed by atoms with Gasteiger partial charge in [0.2, 0.25) is 0 Å². The van der Waals surface area contributed by atoms with E-state index in [0.717, 1.165) is 24.9 Å². The second kappa shape index (κ2) is 10.5. The molecule has 2 saturated heterocycles. The largest absolute Gasteiger partial charge is 0.482 e. The fourth-order valence-corrected chi connectivity index (χ4v) is 4.22. The van der Waals surface area contributed by atoms with Gasteiger partial charge in [-0.25, -0.2) is 4.79 Å². The van der Waals surface area contributed by atoms with Crippen molar-refractivity contribution in [2.24, 2.45) is 11.8 Å². The summed E-state index contributed by atoms with van der Waals surface area (Å²) in [7, 11) is 0. The minimum absolute atomic E-state index is 0.0321. The Balaban J connectivity index is 1.38. The summed E-state index contributed by atoms with van der Waals surface area (Å²) in [6.45, 7) is 6.85. The fourth-order valence-electron chi connectivity index (χ4n) is 4.22. The molecule has 2 aliphatic heterocycles. The van der Waals surface area contributed by atoms with Crippen LogP contribution in [0.4, 0.5) is 5.69 Å². The first kappa shape index (κ1) is 20.0. The third-order valence-electron chi connectivity index (χ3n) is 5.92. The van der Waals surface area contributed by atoms with Gasteiger partial charge in [0.1, 0.15) is 5.75 Å². The number of piperidine rings is 2. The number of nitrogens with one attached hydrogen (secondary N) is 1. The van der Waals surface area contributed by atoms with Crippen LogP contribution in [-0.2, 0) is 9.53 Å². The first-order valence-electron chi connectivity index (χ1n) is 10.6.